The summed E-state index contributed by atoms with van der Waals surface area (Å²) < 4.78 is 17.7. The molecule has 2 saturated heterocycles. The van der Waals surface area contributed by atoms with Crippen molar-refractivity contribution < 1.29 is 62.5 Å². The van der Waals surface area contributed by atoms with Crippen LogP contribution in [0.4, 0.5) is 10.5 Å². The number of likely N-dealkylation sites (N-methyl/N-ethyl adjacent to an activating group) is 2. The van der Waals surface area contributed by atoms with Crippen LogP contribution < -0.4 is 5.32 Å². The molecule has 0 spiro atoms. The van der Waals surface area contributed by atoms with Gasteiger partial charge in [-0.3, -0.25) is 43.3 Å². The lowest BCUT2D eigenvalue weighted by atomic mass is 9.83. The average Bonchev–Trinajstić information content (AvgIpc) is 4.11. The summed E-state index contributed by atoms with van der Waals surface area (Å²) in [5.74, 6) is -5.43. The third kappa shape index (κ3) is 19.8. The summed E-state index contributed by atoms with van der Waals surface area (Å²) in [6, 6.07) is 14.4. The molecule has 1 unspecified atom stereocenters. The number of imide groups is 1. The zero-order valence-electron chi connectivity index (χ0n) is 49.5. The molecule has 2 N–H and O–H groups in total. The average molecular weight is 1150 g/mol. The number of ether oxygens (including phenoxy) is 3. The molecule has 0 saturated carbocycles. The van der Waals surface area contributed by atoms with Crippen LogP contribution in [0.1, 0.15) is 138 Å². The first kappa shape index (κ1) is 69.6. The molecule has 0 aromatic heterocycles. The number of carbonyl (C=O) groups is 9. The predicted molar refractivity (Wildman–Crippen MR) is 315 cm³/mol. The van der Waals surface area contributed by atoms with Crippen LogP contribution in [0.5, 0.6) is 0 Å². The minimum Gasteiger partial charge on any atom is -0.481 e. The summed E-state index contributed by atoms with van der Waals surface area (Å²) in [6.07, 6.45) is 4.11. The van der Waals surface area contributed by atoms with Crippen LogP contribution in [0.2, 0.25) is 0 Å². The Bertz CT molecular complexity index is 2390. The molecule has 81 heavy (non-hydrogen) atoms. The third-order valence-corrected chi connectivity index (χ3v) is 17.3. The Balaban J connectivity index is 0.0000172. The molecule has 2 fully saturated rings. The molecular formula is C62H95N5O13S. The molecule has 5 amide bonds. The number of aliphatic carboxylic acids is 1. The van der Waals surface area contributed by atoms with E-state index >= 15 is 0 Å². The van der Waals surface area contributed by atoms with Gasteiger partial charge in [0.25, 0.3) is 0 Å². The summed E-state index contributed by atoms with van der Waals surface area (Å²) in [7, 11) is 6.23. The fourth-order valence-electron chi connectivity index (χ4n) is 11.4. The van der Waals surface area contributed by atoms with Crippen LogP contribution in [-0.2, 0) is 65.6 Å². The molecule has 0 bridgehead atoms. The van der Waals surface area contributed by atoms with Crippen LogP contribution in [-0.4, -0.2) is 168 Å². The van der Waals surface area contributed by atoms with E-state index in [9.17, 15) is 48.3 Å². The van der Waals surface area contributed by atoms with Crippen molar-refractivity contribution in [2.45, 2.75) is 175 Å². The van der Waals surface area contributed by atoms with Crippen molar-refractivity contribution >= 4 is 70.5 Å². The first-order valence-corrected chi connectivity index (χ1v) is 29.8. The quantitative estimate of drug-likeness (QED) is 0.0485. The van der Waals surface area contributed by atoms with E-state index in [1.807, 2.05) is 78.1 Å². The van der Waals surface area contributed by atoms with Crippen molar-refractivity contribution in [2.75, 3.05) is 59.5 Å². The van der Waals surface area contributed by atoms with E-state index in [-0.39, 0.29) is 117 Å². The lowest BCUT2D eigenvalue weighted by molar-refractivity contribution is -0.149. The molecular weight excluding hydrogens is 1050 g/mol. The summed E-state index contributed by atoms with van der Waals surface area (Å²) in [4.78, 5) is 126. The molecule has 0 radical (unpaired) electrons. The number of likely N-dealkylation sites (tertiary alicyclic amines) is 2. The highest BCUT2D eigenvalue weighted by atomic mass is 32.2. The molecule has 452 valence electrons. The number of Topliss-reactive ketones (excluding diaryl/α,β-unsaturated/α-hetero) is 3. The predicted octanol–water partition coefficient (Wildman–Crippen LogP) is 9.00. The second kappa shape index (κ2) is 34.1. The number of hydrogen-bond acceptors (Lipinski definition) is 14. The third-order valence-electron chi connectivity index (χ3n) is 16.3. The van der Waals surface area contributed by atoms with Gasteiger partial charge in [-0.2, -0.15) is 11.8 Å². The maximum Gasteiger partial charge on any atom is 0.410 e. The van der Waals surface area contributed by atoms with Crippen molar-refractivity contribution in [2.24, 2.45) is 35.5 Å². The molecule has 2 aromatic carbocycles. The highest BCUT2D eigenvalue weighted by Crippen LogP contribution is 2.33. The van der Waals surface area contributed by atoms with E-state index in [0.29, 0.717) is 62.9 Å². The minimum absolute atomic E-state index is 0. The Kier molecular flexibility index (Phi) is 29.3. The number of nitrogens with one attached hydrogen (secondary N) is 1. The fourth-order valence-corrected chi connectivity index (χ4v) is 12.0. The summed E-state index contributed by atoms with van der Waals surface area (Å²) in [5, 5.41) is 12.9. The van der Waals surface area contributed by atoms with Crippen molar-refractivity contribution in [3.05, 3.63) is 65.7 Å². The van der Waals surface area contributed by atoms with E-state index < -0.39 is 60.1 Å². The van der Waals surface area contributed by atoms with Crippen LogP contribution in [0.15, 0.2) is 54.6 Å². The highest BCUT2D eigenvalue weighted by Gasteiger charge is 2.44. The van der Waals surface area contributed by atoms with Gasteiger partial charge in [0.05, 0.1) is 54.5 Å². The maximum absolute atomic E-state index is 14.8. The number of nitrogens with zero attached hydrogens (tertiary/aromatic N) is 4. The number of unbranched alkanes of at least 4 members (excludes halogenated alkanes) is 2. The number of carboxylic acid groups (broad SMARTS) is 1. The van der Waals surface area contributed by atoms with Crippen molar-refractivity contribution in [3.8, 4) is 0 Å². The molecule has 2 aliphatic heterocycles. The molecule has 2 aliphatic rings. The number of amides is 5. The van der Waals surface area contributed by atoms with E-state index in [2.05, 4.69) is 5.32 Å². The smallest absolute Gasteiger partial charge is 0.410 e. The number of benzene rings is 2. The minimum atomic E-state index is -1.05. The fraction of sp³-hybridized carbons (Fsp3) is 0.661. The molecule has 2 aromatic rings. The highest BCUT2D eigenvalue weighted by molar-refractivity contribution is 8.00. The van der Waals surface area contributed by atoms with E-state index in [1.165, 1.54) is 42.8 Å². The maximum atomic E-state index is 14.8. The van der Waals surface area contributed by atoms with Crippen LogP contribution >= 0.6 is 11.8 Å². The van der Waals surface area contributed by atoms with Gasteiger partial charge >= 0.3 is 12.1 Å². The van der Waals surface area contributed by atoms with E-state index in [4.69, 9.17) is 14.2 Å². The van der Waals surface area contributed by atoms with Crippen LogP contribution in [0, 0.1) is 35.5 Å². The number of rotatable bonds is 35. The van der Waals surface area contributed by atoms with Gasteiger partial charge < -0.3 is 39.3 Å². The van der Waals surface area contributed by atoms with Gasteiger partial charge in [-0.25, -0.2) is 4.79 Å². The second-order valence-corrected chi connectivity index (χ2v) is 23.6. The van der Waals surface area contributed by atoms with E-state index in [1.54, 1.807) is 48.0 Å². The number of methoxy groups -OCH3 is 2. The van der Waals surface area contributed by atoms with Gasteiger partial charge in [0, 0.05) is 84.6 Å². The zero-order valence-corrected chi connectivity index (χ0v) is 50.3. The standard InChI is InChI=1S/C61H91N5O13S.CH4/c1-13-40(6)56(51(77-10)34-53(70)65-30-20-24-48(65)57(78-11)41(7)49(68)32-44(60(74)75)31-42-21-16-14-17-22-42)63(8)58(72)47(38(2)3)33-50(69)55(39(4)5)64(9)61(76)79-37-43-25-27-45(28-26-43)62-36-46(67)23-18-15-19-29-66-54(71)35-52(80-12)59(66)73;/h14,16-17,21-22,25-28,38-41,44,47-48,51-52,55-57,62H,13,15,18-20,23-24,29-37H2,1-12H3,(H,74,75);1H4/t40-,41-,44+,47-,48-,51+,52?,55-,56-,57+;/m0./s1. The lowest BCUT2D eigenvalue weighted by Gasteiger charge is -2.41. The first-order chi connectivity index (χ1) is 38.0. The summed E-state index contributed by atoms with van der Waals surface area (Å²) in [6.45, 7) is 14.0. The monoisotopic (exact) mass is 1150 g/mol. The molecule has 18 nitrogen and oxygen atoms in total. The second-order valence-electron chi connectivity index (χ2n) is 22.6. The SMILES string of the molecule is C.CC[C@H](C)[C@@H]([C@@H](CC(=O)N1CCC[C@H]1[C@H](OC)[C@@H](C)C(=O)C[C@@H](Cc1ccccc1)C(=O)O)OC)N(C)C(=O)[C@@H](CC(=O)[C@H](C(C)C)N(C)C(=O)OCc1ccc(NCC(=O)CCCCCN2C(=O)CC(SC)C2=O)cc1)C(C)C. The Hall–Kier alpha value is -5.66. The lowest BCUT2D eigenvalue weighted by Crippen LogP contribution is -2.54. The summed E-state index contributed by atoms with van der Waals surface area (Å²) in [5.41, 5.74) is 2.23. The number of carboxylic acids is 1. The van der Waals surface area contributed by atoms with Crippen molar-refractivity contribution in [1.82, 2.24) is 19.6 Å². The zero-order chi connectivity index (χ0) is 59.4. The Labute approximate surface area is 486 Å². The normalized spacial score (nSPS) is 18.3. The summed E-state index contributed by atoms with van der Waals surface area (Å²) >= 11 is 1.39. The van der Waals surface area contributed by atoms with Gasteiger partial charge in [-0.1, -0.05) is 111 Å². The number of carbonyl (C=O) groups excluding carboxylic acids is 8. The number of hydrogen-bond donors (Lipinski definition) is 2. The number of ketones is 3. The van der Waals surface area contributed by atoms with Gasteiger partial charge in [-0.15, -0.1) is 0 Å². The van der Waals surface area contributed by atoms with Crippen LogP contribution in [0.3, 0.4) is 0 Å². The van der Waals surface area contributed by atoms with Crippen LogP contribution in [0.25, 0.3) is 0 Å². The van der Waals surface area contributed by atoms with Gasteiger partial charge in [0.1, 0.15) is 12.4 Å². The Morgan fingerprint density at radius 1 is 0.815 bits per heavy atom. The van der Waals surface area contributed by atoms with E-state index in [0.717, 1.165) is 12.0 Å². The molecule has 4 rings (SSSR count). The molecule has 19 heteroatoms. The number of anilines is 1. The molecule has 10 atom stereocenters. The van der Waals surface area contributed by atoms with Gasteiger partial charge in [-0.05, 0) is 79.4 Å². The Morgan fingerprint density at radius 3 is 2.05 bits per heavy atom. The van der Waals surface area contributed by atoms with Gasteiger partial charge in [0.15, 0.2) is 11.6 Å². The topological polar surface area (TPSA) is 227 Å². The molecule has 0 aliphatic carbocycles. The van der Waals surface area contributed by atoms with Crippen molar-refractivity contribution in [3.63, 3.8) is 0 Å². The molecule has 2 heterocycles. The number of thioether (sulfide) groups is 1. The Morgan fingerprint density at radius 2 is 1.48 bits per heavy atom. The largest absolute Gasteiger partial charge is 0.481 e. The first-order valence-electron chi connectivity index (χ1n) is 28.5. The van der Waals surface area contributed by atoms with Crippen molar-refractivity contribution in [1.29, 1.82) is 0 Å². The van der Waals surface area contributed by atoms with Gasteiger partial charge in [0.2, 0.25) is 23.6 Å².